The Kier molecular flexibility index (Phi) is 3.96. The molecule has 1 unspecified atom stereocenters. The fourth-order valence-electron chi connectivity index (χ4n) is 3.53. The first-order valence-corrected chi connectivity index (χ1v) is 9.47. The number of benzene rings is 1. The van der Waals surface area contributed by atoms with E-state index in [1.807, 2.05) is 36.4 Å². The van der Waals surface area contributed by atoms with Gasteiger partial charge >= 0.3 is 5.97 Å². The second kappa shape index (κ2) is 6.09. The molecule has 0 saturated heterocycles. The molecule has 1 aromatic carbocycles. The van der Waals surface area contributed by atoms with Gasteiger partial charge in [0.05, 0.1) is 11.4 Å². The maximum atomic E-state index is 12.2. The van der Waals surface area contributed by atoms with Gasteiger partial charge in [0.2, 0.25) is 0 Å². The molecule has 27 heavy (non-hydrogen) atoms. The Hall–Kier alpha value is -2.87. The summed E-state index contributed by atoms with van der Waals surface area (Å²) in [6.07, 6.45) is 0.0976. The molecular weight excluding hydrogens is 366 g/mol. The van der Waals surface area contributed by atoms with Crippen LogP contribution in [0.3, 0.4) is 0 Å². The number of anilines is 1. The van der Waals surface area contributed by atoms with Crippen molar-refractivity contribution in [2.45, 2.75) is 33.3 Å². The zero-order chi connectivity index (χ0) is 19.5. The van der Waals surface area contributed by atoms with E-state index in [9.17, 15) is 14.7 Å². The minimum absolute atomic E-state index is 0.0958. The highest BCUT2D eigenvalue weighted by atomic mass is 32.1. The third kappa shape index (κ3) is 2.51. The molecule has 0 fully saturated rings. The number of aromatic nitrogens is 2. The molecule has 1 atom stereocenters. The van der Waals surface area contributed by atoms with E-state index in [0.717, 1.165) is 22.6 Å². The van der Waals surface area contributed by atoms with Crippen molar-refractivity contribution in [2.24, 2.45) is 0 Å². The molecule has 0 saturated carbocycles. The average molecular weight is 385 g/mol. The highest BCUT2D eigenvalue weighted by Gasteiger charge is 2.30. The molecule has 0 spiro atoms. The predicted molar refractivity (Wildman–Crippen MR) is 103 cm³/mol. The molecule has 0 radical (unpaired) electrons. The summed E-state index contributed by atoms with van der Waals surface area (Å²) in [5, 5.41) is 9.42. The third-order valence-corrected chi connectivity index (χ3v) is 5.98. The van der Waals surface area contributed by atoms with E-state index < -0.39 is 12.1 Å². The Balaban J connectivity index is 1.87. The van der Waals surface area contributed by atoms with Crippen molar-refractivity contribution in [3.63, 3.8) is 0 Å². The average Bonchev–Trinajstić information content (AvgIpc) is 3.16. The summed E-state index contributed by atoms with van der Waals surface area (Å²) in [4.78, 5) is 31.0. The molecule has 140 valence electrons. The van der Waals surface area contributed by atoms with Gasteiger partial charge in [-0.15, -0.1) is 0 Å². The molecule has 0 aliphatic carbocycles. The lowest BCUT2D eigenvalue weighted by Crippen LogP contribution is -2.41. The van der Waals surface area contributed by atoms with Gasteiger partial charge in [0.25, 0.3) is 5.91 Å². The Morgan fingerprint density at radius 1 is 1.41 bits per heavy atom. The van der Waals surface area contributed by atoms with Crippen LogP contribution in [0.4, 0.5) is 5.69 Å². The first-order chi connectivity index (χ1) is 12.8. The number of hydrogen-bond donors (Lipinski definition) is 1. The number of carboxylic acids is 1. The minimum Gasteiger partial charge on any atom is -0.479 e. The summed E-state index contributed by atoms with van der Waals surface area (Å²) >= 11 is 1.18. The van der Waals surface area contributed by atoms with Crippen LogP contribution in [-0.2, 0) is 11.2 Å². The number of fused-ring (bicyclic) bond motifs is 2. The van der Waals surface area contributed by atoms with Gasteiger partial charge in [0, 0.05) is 24.0 Å². The quantitative estimate of drug-likeness (QED) is 0.747. The lowest BCUT2D eigenvalue weighted by atomic mass is 10.1. The number of rotatable bonds is 3. The van der Waals surface area contributed by atoms with Crippen LogP contribution in [0.25, 0.3) is 16.2 Å². The number of imidazole rings is 1. The summed E-state index contributed by atoms with van der Waals surface area (Å²) in [6, 6.07) is 5.65. The molecule has 3 heterocycles. The highest BCUT2D eigenvalue weighted by Crippen LogP contribution is 2.38. The number of carboxylic acid groups (broad SMARTS) is 1. The van der Waals surface area contributed by atoms with Crippen LogP contribution in [0.15, 0.2) is 18.2 Å². The monoisotopic (exact) mass is 385 g/mol. The van der Waals surface area contributed by atoms with Crippen molar-refractivity contribution >= 4 is 33.9 Å². The SMILES string of the molecule is CCc1c(C(=O)O)sc2nc(-c3ccc4c(c3)N(C)C(=O)C(C)O4)c(C)n12. The van der Waals surface area contributed by atoms with E-state index in [0.29, 0.717) is 27.7 Å². The first-order valence-electron chi connectivity index (χ1n) is 8.66. The molecule has 1 N–H and O–H groups in total. The number of nitrogens with zero attached hydrogens (tertiary/aromatic N) is 3. The van der Waals surface area contributed by atoms with Crippen LogP contribution in [0, 0.1) is 6.92 Å². The number of likely N-dealkylation sites (N-methyl/N-ethyl adjacent to an activating group) is 1. The minimum atomic E-state index is -0.927. The van der Waals surface area contributed by atoms with Crippen LogP contribution in [0.2, 0.25) is 0 Å². The van der Waals surface area contributed by atoms with Gasteiger partial charge < -0.3 is 14.7 Å². The van der Waals surface area contributed by atoms with E-state index in [1.54, 1.807) is 18.9 Å². The maximum absolute atomic E-state index is 12.2. The Labute approximate surface area is 159 Å². The van der Waals surface area contributed by atoms with E-state index in [4.69, 9.17) is 4.74 Å². The summed E-state index contributed by atoms with van der Waals surface area (Å²) in [7, 11) is 1.73. The van der Waals surface area contributed by atoms with Gasteiger partial charge in [0.15, 0.2) is 11.1 Å². The molecule has 3 aromatic rings. The summed E-state index contributed by atoms with van der Waals surface area (Å²) in [5.74, 6) is -0.362. The number of carbonyl (C=O) groups is 2. The largest absolute Gasteiger partial charge is 0.479 e. The number of aromatic carboxylic acids is 1. The van der Waals surface area contributed by atoms with Crippen molar-refractivity contribution in [1.29, 1.82) is 0 Å². The van der Waals surface area contributed by atoms with Gasteiger partial charge in [-0.25, -0.2) is 9.78 Å². The number of thiazole rings is 1. The van der Waals surface area contributed by atoms with E-state index >= 15 is 0 Å². The Bertz CT molecular complexity index is 1100. The van der Waals surface area contributed by atoms with Crippen LogP contribution in [0.5, 0.6) is 5.75 Å². The van der Waals surface area contributed by atoms with Crippen molar-refractivity contribution < 1.29 is 19.4 Å². The number of amides is 1. The summed E-state index contributed by atoms with van der Waals surface area (Å²) in [6.45, 7) is 5.60. The molecular formula is C19H19N3O4S. The molecule has 4 rings (SSSR count). The summed E-state index contributed by atoms with van der Waals surface area (Å²) in [5.41, 5.74) is 3.97. The standard InChI is InChI=1S/C19H19N3O4S/c1-5-12-16(18(24)25)27-19-20-15(9(2)22(12)19)11-6-7-14-13(8-11)21(4)17(23)10(3)26-14/h6-8,10H,5H2,1-4H3,(H,24,25). The number of ether oxygens (including phenoxy) is 1. The van der Waals surface area contributed by atoms with Crippen LogP contribution in [0.1, 0.15) is 34.9 Å². The molecule has 2 aromatic heterocycles. The van der Waals surface area contributed by atoms with E-state index in [-0.39, 0.29) is 5.91 Å². The predicted octanol–water partition coefficient (Wildman–Crippen LogP) is 3.38. The zero-order valence-electron chi connectivity index (χ0n) is 15.4. The molecule has 1 aliphatic heterocycles. The molecule has 1 amide bonds. The second-order valence-electron chi connectivity index (χ2n) is 6.54. The van der Waals surface area contributed by atoms with Crippen LogP contribution in [-0.4, -0.2) is 39.5 Å². The molecule has 1 aliphatic rings. The fraction of sp³-hybridized carbons (Fsp3) is 0.316. The maximum Gasteiger partial charge on any atom is 0.347 e. The van der Waals surface area contributed by atoms with Gasteiger partial charge in [-0.05, 0) is 38.5 Å². The van der Waals surface area contributed by atoms with Crippen LogP contribution < -0.4 is 9.64 Å². The normalized spacial score (nSPS) is 16.5. The van der Waals surface area contributed by atoms with Gasteiger partial charge in [-0.1, -0.05) is 18.3 Å². The first kappa shape index (κ1) is 17.5. The number of carbonyl (C=O) groups excluding carboxylic acids is 1. The van der Waals surface area contributed by atoms with Gasteiger partial charge in [-0.2, -0.15) is 0 Å². The number of hydrogen-bond acceptors (Lipinski definition) is 5. The zero-order valence-corrected chi connectivity index (χ0v) is 16.3. The van der Waals surface area contributed by atoms with Crippen LogP contribution >= 0.6 is 11.3 Å². The molecule has 7 nitrogen and oxygen atoms in total. The topological polar surface area (TPSA) is 84.1 Å². The Morgan fingerprint density at radius 3 is 2.81 bits per heavy atom. The van der Waals surface area contributed by atoms with E-state index in [1.165, 1.54) is 11.3 Å². The summed E-state index contributed by atoms with van der Waals surface area (Å²) < 4.78 is 7.59. The molecule has 0 bridgehead atoms. The van der Waals surface area contributed by atoms with E-state index in [2.05, 4.69) is 4.98 Å². The fourth-order valence-corrected chi connectivity index (χ4v) is 4.63. The number of aryl methyl sites for hydroxylation is 2. The van der Waals surface area contributed by atoms with Gasteiger partial charge in [0.1, 0.15) is 10.6 Å². The Morgan fingerprint density at radius 2 is 2.15 bits per heavy atom. The van der Waals surface area contributed by atoms with Gasteiger partial charge in [-0.3, -0.25) is 9.20 Å². The lowest BCUT2D eigenvalue weighted by molar-refractivity contribution is -0.125. The third-order valence-electron chi connectivity index (χ3n) is 4.91. The second-order valence-corrected chi connectivity index (χ2v) is 7.52. The van der Waals surface area contributed by atoms with Crippen molar-refractivity contribution in [1.82, 2.24) is 9.38 Å². The lowest BCUT2D eigenvalue weighted by Gasteiger charge is -2.30. The van der Waals surface area contributed by atoms with Crippen molar-refractivity contribution in [2.75, 3.05) is 11.9 Å². The van der Waals surface area contributed by atoms with Crippen molar-refractivity contribution in [3.05, 3.63) is 34.5 Å². The molecule has 8 heteroatoms. The smallest absolute Gasteiger partial charge is 0.347 e. The van der Waals surface area contributed by atoms with Crippen molar-refractivity contribution in [3.8, 4) is 17.0 Å². The highest BCUT2D eigenvalue weighted by molar-refractivity contribution is 7.19.